The number of pyridine rings is 1. The Hall–Kier alpha value is -3.23. The molecule has 7 nitrogen and oxygen atoms in total. The summed E-state index contributed by atoms with van der Waals surface area (Å²) in [5.41, 5.74) is 4.23. The van der Waals surface area contributed by atoms with Crippen molar-refractivity contribution in [2.45, 2.75) is 11.8 Å². The average molecular weight is 429 g/mol. The number of halogens is 1. The SMILES string of the molecule is C/C(=N/NC(=O)c1cccc(S(=O)(=O)Nc2cccc(Cl)c2)c1)c1cccnc1. The topological polar surface area (TPSA) is 101 Å². The van der Waals surface area contributed by atoms with Crippen LogP contribution >= 0.6 is 11.6 Å². The Morgan fingerprint density at radius 3 is 2.52 bits per heavy atom. The van der Waals surface area contributed by atoms with Gasteiger partial charge in [-0.2, -0.15) is 5.10 Å². The maximum absolute atomic E-state index is 12.6. The minimum absolute atomic E-state index is 0.0573. The van der Waals surface area contributed by atoms with Gasteiger partial charge in [-0.3, -0.25) is 14.5 Å². The van der Waals surface area contributed by atoms with Crippen LogP contribution in [0.5, 0.6) is 0 Å². The van der Waals surface area contributed by atoms with E-state index in [2.05, 4.69) is 20.2 Å². The van der Waals surface area contributed by atoms with Gasteiger partial charge < -0.3 is 0 Å². The van der Waals surface area contributed by atoms with Gasteiger partial charge in [0.2, 0.25) is 0 Å². The van der Waals surface area contributed by atoms with Crippen molar-refractivity contribution in [1.82, 2.24) is 10.4 Å². The van der Waals surface area contributed by atoms with Gasteiger partial charge in [0, 0.05) is 28.5 Å². The third-order valence-corrected chi connectivity index (χ3v) is 5.50. The van der Waals surface area contributed by atoms with Gasteiger partial charge in [0.25, 0.3) is 15.9 Å². The van der Waals surface area contributed by atoms with Crippen molar-refractivity contribution in [2.24, 2.45) is 5.10 Å². The van der Waals surface area contributed by atoms with E-state index in [-0.39, 0.29) is 10.5 Å². The highest BCUT2D eigenvalue weighted by Gasteiger charge is 2.16. The fourth-order valence-electron chi connectivity index (χ4n) is 2.41. The number of anilines is 1. The molecule has 0 spiro atoms. The fourth-order valence-corrected chi connectivity index (χ4v) is 3.70. The molecule has 9 heteroatoms. The smallest absolute Gasteiger partial charge is 0.271 e. The zero-order valence-electron chi connectivity index (χ0n) is 15.3. The first-order chi connectivity index (χ1) is 13.8. The first-order valence-electron chi connectivity index (χ1n) is 8.49. The Balaban J connectivity index is 1.77. The molecular formula is C20H17ClN4O3S. The van der Waals surface area contributed by atoms with Crippen molar-refractivity contribution >= 4 is 38.9 Å². The van der Waals surface area contributed by atoms with Crippen LogP contribution in [-0.4, -0.2) is 25.0 Å². The molecule has 0 aliphatic carbocycles. The number of benzene rings is 2. The Labute approximate surface area is 173 Å². The van der Waals surface area contributed by atoms with E-state index in [9.17, 15) is 13.2 Å². The first kappa shape index (κ1) is 20.5. The number of sulfonamides is 1. The standard InChI is InChI=1S/C20H17ClN4O3S/c1-14(16-6-4-10-22-13-16)23-24-20(26)15-5-2-9-19(11-15)29(27,28)25-18-8-3-7-17(21)12-18/h2-13,25H,1H3,(H,24,26)/b23-14-. The number of nitrogens with zero attached hydrogens (tertiary/aromatic N) is 2. The lowest BCUT2D eigenvalue weighted by Gasteiger charge is -2.09. The van der Waals surface area contributed by atoms with E-state index < -0.39 is 15.9 Å². The molecule has 148 valence electrons. The largest absolute Gasteiger partial charge is 0.280 e. The summed E-state index contributed by atoms with van der Waals surface area (Å²) in [6.45, 7) is 1.73. The van der Waals surface area contributed by atoms with Gasteiger partial charge in [-0.05, 0) is 49.4 Å². The molecule has 2 N–H and O–H groups in total. The van der Waals surface area contributed by atoms with E-state index >= 15 is 0 Å². The summed E-state index contributed by atoms with van der Waals surface area (Å²) in [4.78, 5) is 16.3. The molecule has 3 aromatic rings. The summed E-state index contributed by atoms with van der Waals surface area (Å²) in [5, 5.41) is 4.44. The number of amides is 1. The quantitative estimate of drug-likeness (QED) is 0.461. The number of carbonyl (C=O) groups excluding carboxylic acids is 1. The summed E-state index contributed by atoms with van der Waals surface area (Å²) >= 11 is 5.89. The highest BCUT2D eigenvalue weighted by Crippen LogP contribution is 2.20. The Kier molecular flexibility index (Phi) is 6.26. The normalized spacial score (nSPS) is 11.7. The van der Waals surface area contributed by atoms with Crippen LogP contribution < -0.4 is 10.1 Å². The monoisotopic (exact) mass is 428 g/mol. The lowest BCUT2D eigenvalue weighted by Crippen LogP contribution is -2.20. The van der Waals surface area contributed by atoms with Crippen molar-refractivity contribution in [2.75, 3.05) is 4.72 Å². The zero-order valence-corrected chi connectivity index (χ0v) is 16.9. The lowest BCUT2D eigenvalue weighted by atomic mass is 10.2. The van der Waals surface area contributed by atoms with Gasteiger partial charge >= 0.3 is 0 Å². The molecule has 2 aromatic carbocycles. The molecular weight excluding hydrogens is 412 g/mol. The molecule has 3 rings (SSSR count). The molecule has 0 aliphatic rings. The maximum Gasteiger partial charge on any atom is 0.271 e. The number of hydrazone groups is 1. The zero-order chi connectivity index (χ0) is 20.9. The molecule has 0 bridgehead atoms. The van der Waals surface area contributed by atoms with Crippen LogP contribution in [-0.2, 0) is 10.0 Å². The highest BCUT2D eigenvalue weighted by molar-refractivity contribution is 7.92. The number of hydrogen-bond donors (Lipinski definition) is 2. The lowest BCUT2D eigenvalue weighted by molar-refractivity contribution is 0.0954. The molecule has 0 fully saturated rings. The number of aromatic nitrogens is 1. The van der Waals surface area contributed by atoms with Gasteiger partial charge in [-0.1, -0.05) is 29.8 Å². The summed E-state index contributed by atoms with van der Waals surface area (Å²) in [6, 6.07) is 15.6. The second-order valence-electron chi connectivity index (χ2n) is 6.02. The predicted octanol–water partition coefficient (Wildman–Crippen LogP) is 3.69. The van der Waals surface area contributed by atoms with Crippen molar-refractivity contribution in [3.63, 3.8) is 0 Å². The molecule has 1 amide bonds. The van der Waals surface area contributed by atoms with E-state index in [4.69, 9.17) is 11.6 Å². The number of hydrogen-bond acceptors (Lipinski definition) is 5. The van der Waals surface area contributed by atoms with Crippen LogP contribution in [0.2, 0.25) is 5.02 Å². The van der Waals surface area contributed by atoms with Crippen molar-refractivity contribution in [1.29, 1.82) is 0 Å². The molecule has 0 atom stereocenters. The van der Waals surface area contributed by atoms with E-state index in [1.165, 1.54) is 30.3 Å². The summed E-state index contributed by atoms with van der Waals surface area (Å²) in [6.07, 6.45) is 3.26. The molecule has 0 saturated heterocycles. The molecule has 0 aliphatic heterocycles. The van der Waals surface area contributed by atoms with E-state index in [1.54, 1.807) is 43.6 Å². The minimum Gasteiger partial charge on any atom is -0.280 e. The van der Waals surface area contributed by atoms with Crippen LogP contribution in [0, 0.1) is 0 Å². The molecule has 29 heavy (non-hydrogen) atoms. The maximum atomic E-state index is 12.6. The van der Waals surface area contributed by atoms with Gasteiger partial charge in [0.1, 0.15) is 0 Å². The summed E-state index contributed by atoms with van der Waals surface area (Å²) in [5.74, 6) is -0.534. The average Bonchev–Trinajstić information content (AvgIpc) is 2.72. The summed E-state index contributed by atoms with van der Waals surface area (Å²) in [7, 11) is -3.89. The van der Waals surface area contributed by atoms with Gasteiger partial charge in [0.15, 0.2) is 0 Å². The third kappa shape index (κ3) is 5.40. The molecule has 1 aromatic heterocycles. The Morgan fingerprint density at radius 2 is 1.79 bits per heavy atom. The second kappa shape index (κ2) is 8.85. The summed E-state index contributed by atoms with van der Waals surface area (Å²) < 4.78 is 27.7. The molecule has 0 radical (unpaired) electrons. The van der Waals surface area contributed by atoms with Crippen molar-refractivity contribution in [3.05, 3.63) is 89.2 Å². The van der Waals surface area contributed by atoms with E-state index in [1.807, 2.05) is 6.07 Å². The Bertz CT molecular complexity index is 1170. The number of carbonyl (C=O) groups is 1. The van der Waals surface area contributed by atoms with Crippen molar-refractivity contribution < 1.29 is 13.2 Å². The van der Waals surface area contributed by atoms with Crippen LogP contribution in [0.3, 0.4) is 0 Å². The van der Waals surface area contributed by atoms with Gasteiger partial charge in [-0.25, -0.2) is 13.8 Å². The van der Waals surface area contributed by atoms with Crippen molar-refractivity contribution in [3.8, 4) is 0 Å². The third-order valence-electron chi connectivity index (χ3n) is 3.89. The predicted molar refractivity (Wildman–Crippen MR) is 113 cm³/mol. The molecule has 0 saturated carbocycles. The van der Waals surface area contributed by atoms with Crippen LogP contribution in [0.25, 0.3) is 0 Å². The minimum atomic E-state index is -3.89. The van der Waals surface area contributed by atoms with Crippen LogP contribution in [0.4, 0.5) is 5.69 Å². The second-order valence-corrected chi connectivity index (χ2v) is 8.14. The first-order valence-corrected chi connectivity index (χ1v) is 10.3. The van der Waals surface area contributed by atoms with Gasteiger partial charge in [0.05, 0.1) is 16.3 Å². The van der Waals surface area contributed by atoms with E-state index in [0.29, 0.717) is 16.4 Å². The molecule has 0 unspecified atom stereocenters. The van der Waals surface area contributed by atoms with Gasteiger partial charge in [-0.15, -0.1) is 0 Å². The van der Waals surface area contributed by atoms with Crippen LogP contribution in [0.1, 0.15) is 22.8 Å². The van der Waals surface area contributed by atoms with Crippen LogP contribution in [0.15, 0.2) is 83.1 Å². The fraction of sp³-hybridized carbons (Fsp3) is 0.0500. The van der Waals surface area contributed by atoms with E-state index in [0.717, 1.165) is 5.56 Å². The highest BCUT2D eigenvalue weighted by atomic mass is 35.5. The number of nitrogens with one attached hydrogen (secondary N) is 2. The Morgan fingerprint density at radius 1 is 1.03 bits per heavy atom. The number of rotatable bonds is 6. The molecule has 1 heterocycles.